The molecule has 36 heavy (non-hydrogen) atoms. The molecule has 4 rings (SSSR count). The summed E-state index contributed by atoms with van der Waals surface area (Å²) in [7, 11) is 0. The van der Waals surface area contributed by atoms with Gasteiger partial charge >= 0.3 is 0 Å². The summed E-state index contributed by atoms with van der Waals surface area (Å²) in [4.78, 5) is 2.31. The van der Waals surface area contributed by atoms with E-state index in [2.05, 4.69) is 37.9 Å². The van der Waals surface area contributed by atoms with Gasteiger partial charge in [0.1, 0.15) is 18.1 Å². The van der Waals surface area contributed by atoms with E-state index in [4.69, 9.17) is 4.74 Å². The van der Waals surface area contributed by atoms with Crippen molar-refractivity contribution < 1.29 is 19.3 Å². The topological polar surface area (TPSA) is 65.0 Å². The molecule has 1 atom stereocenters. The quantitative estimate of drug-likeness (QED) is 0.308. The lowest BCUT2D eigenvalue weighted by Gasteiger charge is -2.30. The number of phenolic OH excluding ortho intramolecular Hbond substituents is 2. The van der Waals surface area contributed by atoms with Gasteiger partial charge in [-0.3, -0.25) is 4.90 Å². The molecule has 0 spiro atoms. The van der Waals surface area contributed by atoms with Crippen LogP contribution >= 0.6 is 0 Å². The molecule has 0 fully saturated rings. The highest BCUT2D eigenvalue weighted by Gasteiger charge is 2.23. The summed E-state index contributed by atoms with van der Waals surface area (Å²) in [5.74, 6) is 0.515. The number of hydrogen-bond donors (Lipinski definition) is 3. The number of rotatable bonds is 9. The molecule has 0 saturated carbocycles. The standard InChI is InChI=1S/C30H37FN2O3/c1-19(2)33(20(3)4)13-14-36-30-12-8-24(17-28(30)31)32-29-18-26(35)10-11-27(29)23-6-5-22-16-25(34)9-7-21(22)15-23/h7-12,16-20,23,32,34-35H,5-6,13-15H2,1-4H3. The van der Waals surface area contributed by atoms with Gasteiger partial charge in [0, 0.05) is 42.1 Å². The lowest BCUT2D eigenvalue weighted by atomic mass is 9.79. The van der Waals surface area contributed by atoms with Crippen molar-refractivity contribution in [2.75, 3.05) is 18.5 Å². The molecule has 3 aromatic carbocycles. The van der Waals surface area contributed by atoms with Crippen LogP contribution in [0.25, 0.3) is 0 Å². The lowest BCUT2D eigenvalue weighted by molar-refractivity contribution is 0.140. The molecule has 0 amide bonds. The van der Waals surface area contributed by atoms with E-state index in [-0.39, 0.29) is 17.4 Å². The van der Waals surface area contributed by atoms with Gasteiger partial charge in [0.05, 0.1) is 0 Å². The van der Waals surface area contributed by atoms with Crippen LogP contribution in [-0.2, 0) is 12.8 Å². The zero-order valence-corrected chi connectivity index (χ0v) is 21.6. The fraction of sp³-hybridized carbons (Fsp3) is 0.400. The first kappa shape index (κ1) is 25.8. The molecule has 1 unspecified atom stereocenters. The van der Waals surface area contributed by atoms with Crippen molar-refractivity contribution in [2.24, 2.45) is 0 Å². The van der Waals surface area contributed by atoms with E-state index in [1.165, 1.54) is 17.2 Å². The number of ether oxygens (including phenoxy) is 1. The number of benzene rings is 3. The molecule has 0 saturated heterocycles. The van der Waals surface area contributed by atoms with Crippen molar-refractivity contribution in [3.63, 3.8) is 0 Å². The van der Waals surface area contributed by atoms with Crippen LogP contribution in [-0.4, -0.2) is 40.3 Å². The summed E-state index contributed by atoms with van der Waals surface area (Å²) in [5, 5.41) is 23.3. The normalized spacial score (nSPS) is 15.4. The number of aromatic hydroxyl groups is 2. The summed E-state index contributed by atoms with van der Waals surface area (Å²) in [6, 6.07) is 16.6. The Morgan fingerprint density at radius 1 is 0.944 bits per heavy atom. The number of nitrogens with zero attached hydrogens (tertiary/aromatic N) is 1. The van der Waals surface area contributed by atoms with E-state index in [9.17, 15) is 14.6 Å². The third kappa shape index (κ3) is 6.11. The molecule has 0 bridgehead atoms. The minimum Gasteiger partial charge on any atom is -0.508 e. The maximum absolute atomic E-state index is 14.9. The van der Waals surface area contributed by atoms with Crippen molar-refractivity contribution in [1.29, 1.82) is 0 Å². The Balaban J connectivity index is 1.46. The highest BCUT2D eigenvalue weighted by Crippen LogP contribution is 2.39. The first-order chi connectivity index (χ1) is 17.2. The second-order valence-corrected chi connectivity index (χ2v) is 10.2. The highest BCUT2D eigenvalue weighted by molar-refractivity contribution is 5.66. The van der Waals surface area contributed by atoms with Crippen molar-refractivity contribution in [3.05, 3.63) is 77.1 Å². The van der Waals surface area contributed by atoms with E-state index in [1.807, 2.05) is 18.2 Å². The zero-order valence-electron chi connectivity index (χ0n) is 21.6. The Bertz CT molecular complexity index is 1190. The number of hydrogen-bond acceptors (Lipinski definition) is 5. The summed E-state index contributed by atoms with van der Waals surface area (Å²) in [6.45, 7) is 9.73. The van der Waals surface area contributed by atoms with E-state index in [1.54, 1.807) is 30.3 Å². The number of anilines is 2. The summed E-state index contributed by atoms with van der Waals surface area (Å²) in [5.41, 5.74) is 4.85. The minimum atomic E-state index is -0.422. The van der Waals surface area contributed by atoms with E-state index in [0.717, 1.165) is 37.1 Å². The summed E-state index contributed by atoms with van der Waals surface area (Å²) in [6.07, 6.45) is 2.65. The SMILES string of the molecule is CC(C)N(CCOc1ccc(Nc2cc(O)ccc2C2CCc3cc(O)ccc3C2)cc1F)C(C)C. The fourth-order valence-electron chi connectivity index (χ4n) is 5.24. The van der Waals surface area contributed by atoms with Crippen molar-refractivity contribution >= 4 is 11.4 Å². The summed E-state index contributed by atoms with van der Waals surface area (Å²) < 4.78 is 20.6. The van der Waals surface area contributed by atoms with Gasteiger partial charge < -0.3 is 20.3 Å². The third-order valence-corrected chi connectivity index (χ3v) is 7.04. The molecule has 0 aliphatic heterocycles. The molecule has 0 aromatic heterocycles. The monoisotopic (exact) mass is 492 g/mol. The molecule has 3 aromatic rings. The molecule has 0 heterocycles. The first-order valence-electron chi connectivity index (χ1n) is 12.8. The van der Waals surface area contributed by atoms with E-state index in [0.29, 0.717) is 30.1 Å². The van der Waals surface area contributed by atoms with Crippen LogP contribution in [0.15, 0.2) is 54.6 Å². The van der Waals surface area contributed by atoms with E-state index < -0.39 is 5.82 Å². The van der Waals surface area contributed by atoms with Crippen LogP contribution in [0.1, 0.15) is 56.7 Å². The second kappa shape index (κ2) is 11.2. The number of nitrogens with one attached hydrogen (secondary N) is 1. The van der Waals surface area contributed by atoms with E-state index >= 15 is 0 Å². The maximum atomic E-state index is 14.9. The number of aryl methyl sites for hydroxylation is 1. The Morgan fingerprint density at radius 2 is 1.67 bits per heavy atom. The van der Waals surface area contributed by atoms with Crippen LogP contribution in [0.3, 0.4) is 0 Å². The molecule has 5 nitrogen and oxygen atoms in total. The maximum Gasteiger partial charge on any atom is 0.167 e. The smallest absolute Gasteiger partial charge is 0.167 e. The van der Waals surface area contributed by atoms with Gasteiger partial charge in [-0.1, -0.05) is 12.1 Å². The van der Waals surface area contributed by atoms with Crippen LogP contribution in [0.5, 0.6) is 17.2 Å². The van der Waals surface area contributed by atoms with Crippen molar-refractivity contribution in [2.45, 2.75) is 65.0 Å². The van der Waals surface area contributed by atoms with Crippen LogP contribution < -0.4 is 10.1 Å². The van der Waals surface area contributed by atoms with Gasteiger partial charge in [-0.2, -0.15) is 0 Å². The number of phenols is 2. The molecular weight excluding hydrogens is 455 g/mol. The van der Waals surface area contributed by atoms with Gasteiger partial charge in [-0.25, -0.2) is 4.39 Å². The second-order valence-electron chi connectivity index (χ2n) is 10.2. The van der Waals surface area contributed by atoms with Gasteiger partial charge in [0.15, 0.2) is 11.6 Å². The molecule has 0 radical (unpaired) electrons. The van der Waals surface area contributed by atoms with Crippen LogP contribution in [0, 0.1) is 5.82 Å². The Labute approximate surface area is 213 Å². The van der Waals surface area contributed by atoms with Gasteiger partial charge in [0.2, 0.25) is 0 Å². The Hall–Kier alpha value is -3.25. The molecule has 1 aliphatic carbocycles. The number of fused-ring (bicyclic) bond motifs is 1. The molecule has 3 N–H and O–H groups in total. The van der Waals surface area contributed by atoms with Gasteiger partial charge in [-0.05, 0) is 99.9 Å². The predicted molar refractivity (Wildman–Crippen MR) is 143 cm³/mol. The molecular formula is C30H37FN2O3. The Morgan fingerprint density at radius 3 is 2.39 bits per heavy atom. The summed E-state index contributed by atoms with van der Waals surface area (Å²) >= 11 is 0. The van der Waals surface area contributed by atoms with Crippen LogP contribution in [0.2, 0.25) is 0 Å². The third-order valence-electron chi connectivity index (χ3n) is 7.04. The lowest BCUT2D eigenvalue weighted by Crippen LogP contribution is -2.39. The fourth-order valence-corrected chi connectivity index (χ4v) is 5.24. The van der Waals surface area contributed by atoms with Gasteiger partial charge in [0.25, 0.3) is 0 Å². The average Bonchev–Trinajstić information content (AvgIpc) is 2.82. The zero-order chi connectivity index (χ0) is 25.8. The van der Waals surface area contributed by atoms with Gasteiger partial charge in [-0.15, -0.1) is 0 Å². The Kier molecular flexibility index (Phi) is 8.04. The molecule has 1 aliphatic rings. The van der Waals surface area contributed by atoms with Crippen molar-refractivity contribution in [3.8, 4) is 17.2 Å². The molecule has 6 heteroatoms. The predicted octanol–water partition coefficient (Wildman–Crippen LogP) is 6.75. The first-order valence-corrected chi connectivity index (χ1v) is 12.8. The molecule has 192 valence electrons. The minimum absolute atomic E-state index is 0.155. The highest BCUT2D eigenvalue weighted by atomic mass is 19.1. The largest absolute Gasteiger partial charge is 0.508 e. The average molecular weight is 493 g/mol. The number of halogens is 1. The van der Waals surface area contributed by atoms with Crippen LogP contribution in [0.4, 0.5) is 15.8 Å². The van der Waals surface area contributed by atoms with Crippen molar-refractivity contribution in [1.82, 2.24) is 4.90 Å².